The van der Waals surface area contributed by atoms with E-state index in [0.29, 0.717) is 5.92 Å². The third kappa shape index (κ3) is 3.89. The lowest BCUT2D eigenvalue weighted by atomic mass is 9.89. The van der Waals surface area contributed by atoms with E-state index in [2.05, 4.69) is 41.0 Å². The first-order valence-corrected chi connectivity index (χ1v) is 8.31. The summed E-state index contributed by atoms with van der Waals surface area (Å²) in [4.78, 5) is 12.0. The van der Waals surface area contributed by atoms with E-state index in [-0.39, 0.29) is 12.5 Å². The van der Waals surface area contributed by atoms with Crippen LogP contribution in [0.5, 0.6) is 0 Å². The summed E-state index contributed by atoms with van der Waals surface area (Å²) in [6, 6.07) is 14.2. The molecule has 120 valence electrons. The minimum absolute atomic E-state index is 0.108. The van der Waals surface area contributed by atoms with Gasteiger partial charge in [0, 0.05) is 16.8 Å². The number of rotatable bonds is 4. The summed E-state index contributed by atoms with van der Waals surface area (Å²) in [7, 11) is 0. The fraction of sp³-hybridized carbons (Fsp3) is 0.368. The first-order chi connectivity index (χ1) is 11.2. The maximum atomic E-state index is 12.0. The molecule has 4 nitrogen and oxygen atoms in total. The average Bonchev–Trinajstić information content (AvgIpc) is 2.59. The zero-order valence-corrected chi connectivity index (χ0v) is 13.5. The number of hydrogen-bond donors (Lipinski definition) is 2. The highest BCUT2D eigenvalue weighted by Crippen LogP contribution is 2.23. The third-order valence-electron chi connectivity index (χ3n) is 4.44. The van der Waals surface area contributed by atoms with Crippen LogP contribution in [0.25, 0.3) is 10.8 Å². The van der Waals surface area contributed by atoms with E-state index < -0.39 is 0 Å². The van der Waals surface area contributed by atoms with Crippen LogP contribution in [-0.2, 0) is 4.79 Å². The Labute approximate surface area is 137 Å². The molecule has 1 aliphatic carbocycles. The molecule has 0 aromatic heterocycles. The quantitative estimate of drug-likeness (QED) is 0.841. The number of carbonyl (C=O) groups excluding carboxylic acids is 1. The summed E-state index contributed by atoms with van der Waals surface area (Å²) in [5.41, 5.74) is 4.78. The Morgan fingerprint density at radius 1 is 1.17 bits per heavy atom. The minimum atomic E-state index is -0.108. The van der Waals surface area contributed by atoms with Crippen molar-refractivity contribution in [2.75, 3.05) is 11.9 Å². The van der Waals surface area contributed by atoms with Crippen LogP contribution >= 0.6 is 0 Å². The highest BCUT2D eigenvalue weighted by atomic mass is 16.2. The average molecular weight is 309 g/mol. The molecule has 0 spiro atoms. The molecule has 0 saturated heterocycles. The monoisotopic (exact) mass is 309 g/mol. The molecule has 1 saturated carbocycles. The molecule has 23 heavy (non-hydrogen) atoms. The SMILES string of the molecule is C[C@H]1CCCCC1=NNC(=O)CNc1cccc2ccccc12. The summed E-state index contributed by atoms with van der Waals surface area (Å²) in [6.07, 6.45) is 4.60. The fourth-order valence-corrected chi connectivity index (χ4v) is 3.06. The molecule has 0 heterocycles. The second-order valence-electron chi connectivity index (χ2n) is 6.17. The fourth-order valence-electron chi connectivity index (χ4n) is 3.06. The van der Waals surface area contributed by atoms with Gasteiger partial charge in [-0.3, -0.25) is 4.79 Å². The standard InChI is InChI=1S/C19H23N3O/c1-14-7-2-5-11-17(14)21-22-19(23)13-20-18-12-6-9-15-8-3-4-10-16(15)18/h3-4,6,8-10,12,14,20H,2,5,7,11,13H2,1H3,(H,22,23)/t14-/m0/s1. The maximum absolute atomic E-state index is 12.0. The first-order valence-electron chi connectivity index (χ1n) is 8.31. The smallest absolute Gasteiger partial charge is 0.259 e. The van der Waals surface area contributed by atoms with E-state index in [1.54, 1.807) is 0 Å². The van der Waals surface area contributed by atoms with E-state index in [9.17, 15) is 4.79 Å². The van der Waals surface area contributed by atoms with Crippen LogP contribution in [0.15, 0.2) is 47.6 Å². The van der Waals surface area contributed by atoms with Crippen LogP contribution in [0.1, 0.15) is 32.6 Å². The molecule has 0 bridgehead atoms. The summed E-state index contributed by atoms with van der Waals surface area (Å²) >= 11 is 0. The topological polar surface area (TPSA) is 53.5 Å². The zero-order chi connectivity index (χ0) is 16.1. The number of hydrogen-bond acceptors (Lipinski definition) is 3. The van der Waals surface area contributed by atoms with Crippen molar-refractivity contribution in [3.63, 3.8) is 0 Å². The van der Waals surface area contributed by atoms with Gasteiger partial charge in [0.2, 0.25) is 0 Å². The van der Waals surface area contributed by atoms with Crippen LogP contribution in [0.3, 0.4) is 0 Å². The normalized spacial score (nSPS) is 19.7. The van der Waals surface area contributed by atoms with Gasteiger partial charge in [0.25, 0.3) is 5.91 Å². The Bertz CT molecular complexity index is 718. The van der Waals surface area contributed by atoms with Gasteiger partial charge in [0.05, 0.1) is 6.54 Å². The van der Waals surface area contributed by atoms with Crippen molar-refractivity contribution < 1.29 is 4.79 Å². The summed E-state index contributed by atoms with van der Waals surface area (Å²) in [5.74, 6) is 0.373. The van der Waals surface area contributed by atoms with Gasteiger partial charge in [0.1, 0.15) is 0 Å². The highest BCUT2D eigenvalue weighted by molar-refractivity contribution is 5.95. The molecule has 1 atom stereocenters. The van der Waals surface area contributed by atoms with Crippen molar-refractivity contribution >= 4 is 28.1 Å². The van der Waals surface area contributed by atoms with Crippen molar-refractivity contribution in [2.45, 2.75) is 32.6 Å². The lowest BCUT2D eigenvalue weighted by molar-refractivity contribution is -0.119. The summed E-state index contributed by atoms with van der Waals surface area (Å²) in [5, 5.41) is 9.80. The Morgan fingerprint density at radius 3 is 2.87 bits per heavy atom. The molecule has 0 aliphatic heterocycles. The van der Waals surface area contributed by atoms with E-state index in [1.165, 1.54) is 19.3 Å². The van der Waals surface area contributed by atoms with Crippen LogP contribution < -0.4 is 10.7 Å². The molecule has 1 aliphatic rings. The molecular formula is C19H23N3O. The molecule has 2 aromatic rings. The predicted molar refractivity (Wildman–Crippen MR) is 95.6 cm³/mol. The molecule has 3 rings (SSSR count). The number of nitrogens with zero attached hydrogens (tertiary/aromatic N) is 1. The number of anilines is 1. The summed E-state index contributed by atoms with van der Waals surface area (Å²) in [6.45, 7) is 2.40. The van der Waals surface area contributed by atoms with Gasteiger partial charge in [-0.15, -0.1) is 0 Å². The molecule has 4 heteroatoms. The predicted octanol–water partition coefficient (Wildman–Crippen LogP) is 3.93. The Balaban J connectivity index is 1.59. The second kappa shape index (κ2) is 7.27. The van der Waals surface area contributed by atoms with Crippen LogP contribution in [0.2, 0.25) is 0 Å². The zero-order valence-electron chi connectivity index (χ0n) is 13.5. The van der Waals surface area contributed by atoms with Crippen molar-refractivity contribution in [1.29, 1.82) is 0 Å². The number of benzene rings is 2. The van der Waals surface area contributed by atoms with Crippen molar-refractivity contribution in [2.24, 2.45) is 11.0 Å². The number of hydrazone groups is 1. The van der Waals surface area contributed by atoms with Crippen LogP contribution in [0, 0.1) is 5.92 Å². The summed E-state index contributed by atoms with van der Waals surface area (Å²) < 4.78 is 0. The van der Waals surface area contributed by atoms with Gasteiger partial charge >= 0.3 is 0 Å². The minimum Gasteiger partial charge on any atom is -0.376 e. The van der Waals surface area contributed by atoms with E-state index >= 15 is 0 Å². The van der Waals surface area contributed by atoms with Gasteiger partial charge in [-0.1, -0.05) is 49.7 Å². The van der Waals surface area contributed by atoms with Gasteiger partial charge in [-0.25, -0.2) is 5.43 Å². The van der Waals surface area contributed by atoms with Gasteiger partial charge < -0.3 is 5.32 Å². The second-order valence-corrected chi connectivity index (χ2v) is 6.17. The number of amides is 1. The van der Waals surface area contributed by atoms with E-state index in [4.69, 9.17) is 0 Å². The molecule has 1 amide bonds. The molecule has 2 N–H and O–H groups in total. The van der Waals surface area contributed by atoms with Crippen LogP contribution in [0.4, 0.5) is 5.69 Å². The van der Waals surface area contributed by atoms with Gasteiger partial charge in [-0.05, 0) is 36.6 Å². The lowest BCUT2D eigenvalue weighted by Crippen LogP contribution is -2.29. The third-order valence-corrected chi connectivity index (χ3v) is 4.44. The lowest BCUT2D eigenvalue weighted by Gasteiger charge is -2.19. The Kier molecular flexibility index (Phi) is 4.91. The van der Waals surface area contributed by atoms with Crippen molar-refractivity contribution in [3.05, 3.63) is 42.5 Å². The Hall–Kier alpha value is -2.36. The van der Waals surface area contributed by atoms with Crippen LogP contribution in [-0.4, -0.2) is 18.2 Å². The van der Waals surface area contributed by atoms with E-state index in [1.807, 2.05) is 24.3 Å². The number of fused-ring (bicyclic) bond motifs is 1. The highest BCUT2D eigenvalue weighted by Gasteiger charge is 2.16. The van der Waals surface area contributed by atoms with E-state index in [0.717, 1.165) is 28.6 Å². The Morgan fingerprint density at radius 2 is 2.00 bits per heavy atom. The largest absolute Gasteiger partial charge is 0.376 e. The maximum Gasteiger partial charge on any atom is 0.259 e. The molecule has 1 fully saturated rings. The van der Waals surface area contributed by atoms with Crippen molar-refractivity contribution in [1.82, 2.24) is 5.43 Å². The molecule has 0 radical (unpaired) electrons. The molecule has 0 unspecified atom stereocenters. The molecular weight excluding hydrogens is 286 g/mol. The van der Waals surface area contributed by atoms with Crippen molar-refractivity contribution in [3.8, 4) is 0 Å². The van der Waals surface area contributed by atoms with Gasteiger partial charge in [0.15, 0.2) is 0 Å². The number of carbonyl (C=O) groups is 1. The first kappa shape index (κ1) is 15.5. The molecule has 2 aromatic carbocycles. The van der Waals surface area contributed by atoms with Gasteiger partial charge in [-0.2, -0.15) is 5.10 Å². The number of nitrogens with one attached hydrogen (secondary N) is 2.